The summed E-state index contributed by atoms with van der Waals surface area (Å²) in [5.41, 5.74) is 11.8. The summed E-state index contributed by atoms with van der Waals surface area (Å²) < 4.78 is 1.93. The fourth-order valence-electron chi connectivity index (χ4n) is 6.26. The maximum atomic E-state index is 12.9. The van der Waals surface area contributed by atoms with E-state index in [1.54, 1.807) is 12.1 Å². The van der Waals surface area contributed by atoms with Gasteiger partial charge in [-0.1, -0.05) is 103 Å². The fourth-order valence-corrected chi connectivity index (χ4v) is 8.67. The highest BCUT2D eigenvalue weighted by Crippen LogP contribution is 2.35. The Morgan fingerprint density at radius 3 is 1.95 bits per heavy atom. The summed E-state index contributed by atoms with van der Waals surface area (Å²) in [5.74, 6) is -1.60. The zero-order chi connectivity index (χ0) is 41.3. The van der Waals surface area contributed by atoms with Crippen LogP contribution in [0.25, 0.3) is 0 Å². The predicted octanol–water partition coefficient (Wildman–Crippen LogP) is 8.92. The van der Waals surface area contributed by atoms with Crippen LogP contribution in [0.15, 0.2) is 69.6 Å². The van der Waals surface area contributed by atoms with Crippen molar-refractivity contribution in [2.24, 2.45) is 5.73 Å². The van der Waals surface area contributed by atoms with Gasteiger partial charge >= 0.3 is 5.97 Å². The minimum absolute atomic E-state index is 0.0200. The van der Waals surface area contributed by atoms with Gasteiger partial charge in [0.2, 0.25) is 0 Å². The second-order valence-corrected chi connectivity index (χ2v) is 17.0. The quantitative estimate of drug-likeness (QED) is 0.130. The van der Waals surface area contributed by atoms with E-state index in [0.717, 1.165) is 74.8 Å². The number of fused-ring (bicyclic) bond motifs is 2. The van der Waals surface area contributed by atoms with Crippen LogP contribution >= 0.6 is 78.3 Å². The van der Waals surface area contributed by atoms with Gasteiger partial charge in [0, 0.05) is 28.6 Å². The summed E-state index contributed by atoms with van der Waals surface area (Å²) >= 11 is 31.6. The van der Waals surface area contributed by atoms with Crippen LogP contribution in [0.2, 0.25) is 20.1 Å². The first-order chi connectivity index (χ1) is 26.5. The summed E-state index contributed by atoms with van der Waals surface area (Å²) in [6.45, 7) is 6.10. The van der Waals surface area contributed by atoms with Gasteiger partial charge in [0.15, 0.2) is 5.78 Å². The molecular weight excluding hydrogens is 930 g/mol. The maximum absolute atomic E-state index is 12.9. The smallest absolute Gasteiger partial charge is 0.338 e. The minimum Gasteiger partial charge on any atom is -0.478 e. The van der Waals surface area contributed by atoms with Crippen molar-refractivity contribution in [1.82, 2.24) is 15.5 Å². The van der Waals surface area contributed by atoms with E-state index in [4.69, 9.17) is 57.2 Å². The van der Waals surface area contributed by atoms with E-state index in [-0.39, 0.29) is 33.8 Å². The molecule has 15 heteroatoms. The average Bonchev–Trinajstić information content (AvgIpc) is 3.11. The third-order valence-electron chi connectivity index (χ3n) is 9.31. The molecule has 0 aliphatic carbocycles. The van der Waals surface area contributed by atoms with Crippen molar-refractivity contribution >= 4 is 102 Å². The van der Waals surface area contributed by atoms with Crippen molar-refractivity contribution in [1.29, 1.82) is 0 Å². The van der Waals surface area contributed by atoms with Gasteiger partial charge in [0.05, 0.1) is 43.3 Å². The van der Waals surface area contributed by atoms with Gasteiger partial charge in [0.1, 0.15) is 5.78 Å². The molecule has 298 valence electrons. The molecule has 0 aromatic heterocycles. The van der Waals surface area contributed by atoms with Crippen LogP contribution in [-0.4, -0.2) is 65.7 Å². The summed E-state index contributed by atoms with van der Waals surface area (Å²) in [6, 6.07) is 17.9. The van der Waals surface area contributed by atoms with Crippen LogP contribution in [0, 0.1) is 0 Å². The molecule has 6 rings (SSSR count). The van der Waals surface area contributed by atoms with Gasteiger partial charge < -0.3 is 26.4 Å². The molecule has 0 unspecified atom stereocenters. The Hall–Kier alpha value is -2.84. The summed E-state index contributed by atoms with van der Waals surface area (Å²) in [4.78, 5) is 49.0. The van der Waals surface area contributed by atoms with Gasteiger partial charge in [-0.25, -0.2) is 4.79 Å². The van der Waals surface area contributed by atoms with Crippen LogP contribution < -0.4 is 16.4 Å². The number of benzene rings is 4. The number of carboxylic acids is 1. The number of ketones is 2. The Labute approximate surface area is 363 Å². The molecule has 0 bridgehead atoms. The number of nitrogens with one attached hydrogen (secondary N) is 2. The first-order valence-corrected chi connectivity index (χ1v) is 20.7. The molecule has 0 fully saturated rings. The molecule has 0 saturated heterocycles. The molecule has 2 aliphatic rings. The number of aromatic carboxylic acids is 1. The van der Waals surface area contributed by atoms with Gasteiger partial charge in [-0.05, 0) is 123 Å². The van der Waals surface area contributed by atoms with Gasteiger partial charge in [-0.3, -0.25) is 14.4 Å². The third kappa shape index (κ3) is 12.6. The number of amides is 1. The van der Waals surface area contributed by atoms with E-state index in [9.17, 15) is 19.2 Å². The molecule has 9 nitrogen and oxygen atoms in total. The molecule has 4 aromatic carbocycles. The lowest BCUT2D eigenvalue weighted by atomic mass is 9.97. The topological polar surface area (TPSA) is 142 Å². The molecule has 5 N–H and O–H groups in total. The van der Waals surface area contributed by atoms with E-state index >= 15 is 0 Å². The normalized spacial score (nSPS) is 14.4. The molecule has 56 heavy (non-hydrogen) atoms. The largest absolute Gasteiger partial charge is 0.478 e. The molecule has 4 aromatic rings. The van der Waals surface area contributed by atoms with Crippen LogP contribution in [0.3, 0.4) is 0 Å². The van der Waals surface area contributed by atoms with E-state index in [1.807, 2.05) is 55.6 Å². The Morgan fingerprint density at radius 2 is 1.38 bits per heavy atom. The van der Waals surface area contributed by atoms with Crippen molar-refractivity contribution in [2.45, 2.75) is 64.7 Å². The van der Waals surface area contributed by atoms with E-state index in [2.05, 4.69) is 47.4 Å². The lowest BCUT2D eigenvalue weighted by molar-refractivity contribution is -0.119. The van der Waals surface area contributed by atoms with Gasteiger partial charge in [-0.2, -0.15) is 0 Å². The second-order valence-electron chi connectivity index (χ2n) is 13.6. The van der Waals surface area contributed by atoms with Crippen molar-refractivity contribution < 1.29 is 24.3 Å². The highest BCUT2D eigenvalue weighted by atomic mass is 79.9. The van der Waals surface area contributed by atoms with Crippen LogP contribution in [-0.2, 0) is 48.4 Å². The highest BCUT2D eigenvalue weighted by molar-refractivity contribution is 9.10. The molecule has 0 saturated carbocycles. The number of hydrogen-bond donors (Lipinski definition) is 4. The van der Waals surface area contributed by atoms with E-state index in [0.29, 0.717) is 34.5 Å². The lowest BCUT2D eigenvalue weighted by Crippen LogP contribution is -2.41. The number of carbonyl (C=O) groups excluding carboxylic acids is 3. The molecule has 0 radical (unpaired) electrons. The first kappa shape index (κ1) is 45.9. The van der Waals surface area contributed by atoms with Crippen molar-refractivity contribution in [3.05, 3.63) is 134 Å². The number of nitrogens with two attached hydrogens (primary N) is 1. The van der Waals surface area contributed by atoms with Crippen LogP contribution in [0.4, 0.5) is 0 Å². The van der Waals surface area contributed by atoms with Crippen LogP contribution in [0.5, 0.6) is 0 Å². The number of nitrogens with zero attached hydrogens (tertiary/aromatic N) is 1. The molecule has 2 aliphatic heterocycles. The number of carboxylic acid groups (broad SMARTS) is 1. The number of rotatable bonds is 9. The number of hydrogen-bond acceptors (Lipinski definition) is 7. The van der Waals surface area contributed by atoms with E-state index < -0.39 is 17.9 Å². The summed E-state index contributed by atoms with van der Waals surface area (Å²) in [5, 5.41) is 16.3. The second kappa shape index (κ2) is 21.2. The monoisotopic (exact) mass is 968 g/mol. The number of likely N-dealkylation sites (N-methyl/N-ethyl adjacent to an activating group) is 1. The third-order valence-corrected chi connectivity index (χ3v) is 11.7. The first-order valence-electron chi connectivity index (χ1n) is 17.6. The summed E-state index contributed by atoms with van der Waals surface area (Å²) in [7, 11) is 2.01. The molecule has 2 atom stereocenters. The molecule has 2 heterocycles. The maximum Gasteiger partial charge on any atom is 0.338 e. The average molecular weight is 972 g/mol. The molecule has 1 amide bonds. The number of Topliss-reactive ketones (excluding diaryl/α,β-unsaturated/α-hetero) is 2. The van der Waals surface area contributed by atoms with Crippen molar-refractivity contribution in [3.8, 4) is 0 Å². The van der Waals surface area contributed by atoms with Gasteiger partial charge in [0.25, 0.3) is 5.91 Å². The molecule has 0 spiro atoms. The van der Waals surface area contributed by atoms with Crippen LogP contribution in [0.1, 0.15) is 67.9 Å². The highest BCUT2D eigenvalue weighted by Gasteiger charge is 2.26. The Bertz CT molecular complexity index is 2120. The number of halogens is 6. The predicted molar refractivity (Wildman–Crippen MR) is 232 cm³/mol. The standard InChI is InChI=1S/C20H19BrCl2N2O2.C11H11Cl2NO2.C10H12BrNO/c1-11(26)17(8-12-3-2-4-14(21)7-12)25-20(27)18-16(22)9-13-10-24-6-5-15(13)19(18)23;1-14-3-2-7-6(5-14)4-8(12)9(10(7)13)11(15)16;1-7(13)10(12)6-8-3-2-4-9(11)5-8/h2-4,7,9,17,24H,5-6,8,10H2,1H3,(H,25,27);4H,2-3,5H2,1H3,(H,15,16);2-5,10H,6,12H2,1H3/t17-;;10-/m0.0/s1. The zero-order valence-electron chi connectivity index (χ0n) is 31.0. The zero-order valence-corrected chi connectivity index (χ0v) is 37.2. The Morgan fingerprint density at radius 1 is 0.821 bits per heavy atom. The minimum atomic E-state index is -1.07. The van der Waals surface area contributed by atoms with Crippen molar-refractivity contribution in [3.63, 3.8) is 0 Å². The van der Waals surface area contributed by atoms with E-state index in [1.165, 1.54) is 13.8 Å². The lowest BCUT2D eigenvalue weighted by Gasteiger charge is -2.26. The SMILES string of the molecule is CC(=O)[C@@H](N)Cc1cccc(Br)c1.CC(=O)[C@H](Cc1cccc(Br)c1)NC(=O)c1c(Cl)cc2c(c1Cl)CCNC2.CN1CCc2c(cc(Cl)c(C(=O)O)c2Cl)C1. The summed E-state index contributed by atoms with van der Waals surface area (Å²) in [6.07, 6.45) is 2.50. The Kier molecular flexibility index (Phi) is 17.4. The Balaban J connectivity index is 0.000000204. The number of carbonyl (C=O) groups is 4. The fraction of sp³-hybridized carbons (Fsp3) is 0.317. The molecular formula is C41H42Br2Cl4N4O5. The van der Waals surface area contributed by atoms with Gasteiger partial charge in [-0.15, -0.1) is 0 Å². The van der Waals surface area contributed by atoms with Crippen molar-refractivity contribution in [2.75, 3.05) is 20.1 Å².